The van der Waals surface area contributed by atoms with E-state index in [1.165, 1.54) is 0 Å². The third-order valence-corrected chi connectivity index (χ3v) is 3.68. The Morgan fingerprint density at radius 2 is 2.12 bits per heavy atom. The van der Waals surface area contributed by atoms with Crippen LogP contribution in [0.4, 0.5) is 11.8 Å². The van der Waals surface area contributed by atoms with Crippen molar-refractivity contribution >= 4 is 23.5 Å². The number of hydrogen-bond acceptors (Lipinski definition) is 5. The van der Waals surface area contributed by atoms with Gasteiger partial charge in [0.25, 0.3) is 0 Å². The molecule has 0 bridgehead atoms. The molecule has 1 rings (SSSR count). The van der Waals surface area contributed by atoms with Crippen molar-refractivity contribution in [2.24, 2.45) is 0 Å². The maximum Gasteiger partial charge on any atom is 0.224 e. The van der Waals surface area contributed by atoms with E-state index in [2.05, 4.69) is 40.7 Å². The highest BCUT2D eigenvalue weighted by molar-refractivity contribution is 7.99. The Labute approximate surface area is 102 Å². The molecule has 16 heavy (non-hydrogen) atoms. The molecular formula is C11H20N4S. The van der Waals surface area contributed by atoms with Gasteiger partial charge in [0.15, 0.2) is 0 Å². The molecule has 0 atom stereocenters. The van der Waals surface area contributed by atoms with Crippen molar-refractivity contribution in [2.45, 2.75) is 25.5 Å². The monoisotopic (exact) mass is 240 g/mol. The van der Waals surface area contributed by atoms with Crippen LogP contribution >= 0.6 is 11.8 Å². The number of anilines is 2. The third-order valence-electron chi connectivity index (χ3n) is 2.43. The van der Waals surface area contributed by atoms with E-state index >= 15 is 0 Å². The predicted octanol–water partition coefficient (Wildman–Crippen LogP) is 2.38. The average molecular weight is 240 g/mol. The van der Waals surface area contributed by atoms with Crippen LogP contribution in [0.2, 0.25) is 0 Å². The maximum absolute atomic E-state index is 4.39. The summed E-state index contributed by atoms with van der Waals surface area (Å²) in [7, 11) is 1.82. The first-order chi connectivity index (χ1) is 7.48. The zero-order valence-corrected chi connectivity index (χ0v) is 11.4. The molecule has 90 valence electrons. The van der Waals surface area contributed by atoms with Crippen LogP contribution in [0.5, 0.6) is 0 Å². The highest BCUT2D eigenvalue weighted by atomic mass is 32.2. The maximum atomic E-state index is 4.39. The van der Waals surface area contributed by atoms with Crippen LogP contribution in [-0.4, -0.2) is 34.6 Å². The quantitative estimate of drug-likeness (QED) is 0.827. The van der Waals surface area contributed by atoms with Crippen LogP contribution in [0.1, 0.15) is 19.4 Å². The molecule has 0 spiro atoms. The lowest BCUT2D eigenvalue weighted by atomic mass is 10.2. The second-order valence-electron chi connectivity index (χ2n) is 4.29. The van der Waals surface area contributed by atoms with Crippen LogP contribution in [0.3, 0.4) is 0 Å². The Balaban J connectivity index is 2.73. The standard InChI is InChI=1S/C11H20N4S/c1-8-6-13-10(12-4)15-9(8)14-7-11(2,3)16-5/h6H,7H2,1-5H3,(H2,12,13,14,15). The van der Waals surface area contributed by atoms with Gasteiger partial charge in [0, 0.05) is 30.1 Å². The van der Waals surface area contributed by atoms with Gasteiger partial charge in [-0.25, -0.2) is 4.98 Å². The average Bonchev–Trinajstić information content (AvgIpc) is 2.28. The van der Waals surface area contributed by atoms with E-state index in [-0.39, 0.29) is 4.75 Å². The number of hydrogen-bond donors (Lipinski definition) is 2. The molecule has 0 aliphatic heterocycles. The zero-order valence-electron chi connectivity index (χ0n) is 10.6. The summed E-state index contributed by atoms with van der Waals surface area (Å²) in [5.41, 5.74) is 1.07. The second-order valence-corrected chi connectivity index (χ2v) is 5.81. The normalized spacial score (nSPS) is 11.3. The Hall–Kier alpha value is -0.970. The Bertz CT molecular complexity index is 352. The first kappa shape index (κ1) is 13.1. The van der Waals surface area contributed by atoms with Crippen molar-refractivity contribution in [3.63, 3.8) is 0 Å². The highest BCUT2D eigenvalue weighted by Crippen LogP contribution is 2.22. The largest absolute Gasteiger partial charge is 0.368 e. The first-order valence-corrected chi connectivity index (χ1v) is 6.51. The molecule has 0 amide bonds. The fourth-order valence-electron chi connectivity index (χ4n) is 1.11. The van der Waals surface area contributed by atoms with Crippen molar-refractivity contribution in [1.82, 2.24) is 9.97 Å². The lowest BCUT2D eigenvalue weighted by molar-refractivity contribution is 0.749. The van der Waals surface area contributed by atoms with E-state index in [1.54, 1.807) is 0 Å². The molecule has 1 aromatic heterocycles. The molecule has 2 N–H and O–H groups in total. The van der Waals surface area contributed by atoms with Crippen molar-refractivity contribution in [1.29, 1.82) is 0 Å². The van der Waals surface area contributed by atoms with Gasteiger partial charge in [-0.2, -0.15) is 16.7 Å². The lowest BCUT2D eigenvalue weighted by Gasteiger charge is -2.23. The third kappa shape index (κ3) is 3.56. The van der Waals surface area contributed by atoms with Gasteiger partial charge in [-0.1, -0.05) is 0 Å². The van der Waals surface area contributed by atoms with Gasteiger partial charge in [0.1, 0.15) is 5.82 Å². The van der Waals surface area contributed by atoms with Crippen molar-refractivity contribution in [3.8, 4) is 0 Å². The molecule has 1 aromatic rings. The minimum atomic E-state index is 0.206. The number of aryl methyl sites for hydroxylation is 1. The van der Waals surface area contributed by atoms with Gasteiger partial charge in [0.05, 0.1) is 0 Å². The highest BCUT2D eigenvalue weighted by Gasteiger charge is 2.16. The predicted molar refractivity (Wildman–Crippen MR) is 72.4 cm³/mol. The lowest BCUT2D eigenvalue weighted by Crippen LogP contribution is -2.26. The van der Waals surface area contributed by atoms with Crippen molar-refractivity contribution in [3.05, 3.63) is 11.8 Å². The molecule has 0 fully saturated rings. The summed E-state index contributed by atoms with van der Waals surface area (Å²) >= 11 is 1.84. The molecule has 0 saturated carbocycles. The van der Waals surface area contributed by atoms with E-state index < -0.39 is 0 Å². The van der Waals surface area contributed by atoms with Crippen LogP contribution in [0, 0.1) is 6.92 Å². The number of aromatic nitrogens is 2. The van der Waals surface area contributed by atoms with Crippen molar-refractivity contribution in [2.75, 3.05) is 30.5 Å². The molecule has 0 radical (unpaired) electrons. The van der Waals surface area contributed by atoms with Gasteiger partial charge < -0.3 is 10.6 Å². The fraction of sp³-hybridized carbons (Fsp3) is 0.636. The minimum absolute atomic E-state index is 0.206. The van der Waals surface area contributed by atoms with Crippen LogP contribution in [-0.2, 0) is 0 Å². The van der Waals surface area contributed by atoms with Crippen LogP contribution in [0.15, 0.2) is 6.20 Å². The molecule has 0 aliphatic rings. The number of nitrogens with zero attached hydrogens (tertiary/aromatic N) is 2. The number of thioether (sulfide) groups is 1. The minimum Gasteiger partial charge on any atom is -0.368 e. The molecule has 0 aromatic carbocycles. The molecule has 1 heterocycles. The number of nitrogens with one attached hydrogen (secondary N) is 2. The Morgan fingerprint density at radius 3 is 2.69 bits per heavy atom. The molecule has 0 aliphatic carbocycles. The summed E-state index contributed by atoms with van der Waals surface area (Å²) in [5, 5.41) is 6.31. The fourth-order valence-corrected chi connectivity index (χ4v) is 1.33. The summed E-state index contributed by atoms with van der Waals surface area (Å²) in [6.45, 7) is 7.31. The molecule has 0 saturated heterocycles. The Morgan fingerprint density at radius 1 is 1.44 bits per heavy atom. The Kier molecular flexibility index (Phi) is 4.41. The summed E-state index contributed by atoms with van der Waals surface area (Å²) in [5.74, 6) is 1.55. The van der Waals surface area contributed by atoms with Gasteiger partial charge in [0.2, 0.25) is 5.95 Å². The smallest absolute Gasteiger partial charge is 0.224 e. The molecule has 0 unspecified atom stereocenters. The summed E-state index contributed by atoms with van der Waals surface area (Å²) in [6.07, 6.45) is 3.95. The van der Waals surface area contributed by atoms with Gasteiger partial charge in [-0.05, 0) is 27.0 Å². The van der Waals surface area contributed by atoms with E-state index in [1.807, 2.05) is 31.9 Å². The summed E-state index contributed by atoms with van der Waals surface area (Å²) < 4.78 is 0.206. The summed E-state index contributed by atoms with van der Waals surface area (Å²) in [6, 6.07) is 0. The zero-order chi connectivity index (χ0) is 12.2. The van der Waals surface area contributed by atoms with Gasteiger partial charge >= 0.3 is 0 Å². The van der Waals surface area contributed by atoms with Crippen LogP contribution in [0.25, 0.3) is 0 Å². The second kappa shape index (κ2) is 5.39. The SMILES string of the molecule is CNc1ncc(C)c(NCC(C)(C)SC)n1. The molecule has 5 heteroatoms. The van der Waals surface area contributed by atoms with E-state index in [0.717, 1.165) is 17.9 Å². The van der Waals surface area contributed by atoms with Gasteiger partial charge in [-0.3, -0.25) is 0 Å². The van der Waals surface area contributed by atoms with E-state index in [0.29, 0.717) is 5.95 Å². The van der Waals surface area contributed by atoms with E-state index in [4.69, 9.17) is 0 Å². The van der Waals surface area contributed by atoms with E-state index in [9.17, 15) is 0 Å². The first-order valence-electron chi connectivity index (χ1n) is 5.29. The van der Waals surface area contributed by atoms with Crippen LogP contribution < -0.4 is 10.6 Å². The topological polar surface area (TPSA) is 49.8 Å². The summed E-state index contributed by atoms with van der Waals surface area (Å²) in [4.78, 5) is 8.54. The van der Waals surface area contributed by atoms with Gasteiger partial charge in [-0.15, -0.1) is 0 Å². The van der Waals surface area contributed by atoms with Crippen molar-refractivity contribution < 1.29 is 0 Å². The molecular weight excluding hydrogens is 220 g/mol. The molecule has 4 nitrogen and oxygen atoms in total. The number of rotatable bonds is 5.